The molecule has 0 spiro atoms. The molecule has 0 atom stereocenters. The zero-order valence-electron chi connectivity index (χ0n) is 9.22. The highest BCUT2D eigenvalue weighted by molar-refractivity contribution is 5.89. The third-order valence-electron chi connectivity index (χ3n) is 1.89. The summed E-state index contributed by atoms with van der Waals surface area (Å²) in [7, 11) is 2.61. The topological polar surface area (TPSA) is 78.7 Å². The van der Waals surface area contributed by atoms with Gasteiger partial charge in [0, 0.05) is 18.1 Å². The van der Waals surface area contributed by atoms with Gasteiger partial charge in [-0.3, -0.25) is 10.1 Å². The van der Waals surface area contributed by atoms with E-state index < -0.39 is 10.9 Å². The summed E-state index contributed by atoms with van der Waals surface area (Å²) < 4.78 is 9.23. The maximum atomic E-state index is 10.8. The predicted octanol–water partition coefficient (Wildman–Crippen LogP) is 1.13. The molecule has 0 saturated heterocycles. The maximum Gasteiger partial charge on any atom is 0.384 e. The van der Waals surface area contributed by atoms with Crippen molar-refractivity contribution in [2.24, 2.45) is 0 Å². The van der Waals surface area contributed by atoms with E-state index in [-0.39, 0.29) is 11.3 Å². The van der Waals surface area contributed by atoms with Crippen LogP contribution < -0.4 is 4.74 Å². The molecule has 88 valence electrons. The van der Waals surface area contributed by atoms with E-state index in [4.69, 9.17) is 4.74 Å². The number of carbonyl (C=O) groups is 1. The molecule has 0 saturated carbocycles. The van der Waals surface area contributed by atoms with Gasteiger partial charge in [0.15, 0.2) is 0 Å². The summed E-state index contributed by atoms with van der Waals surface area (Å²) in [5, 5.41) is 10.7. The Morgan fingerprint density at radius 2 is 2.12 bits per heavy atom. The lowest BCUT2D eigenvalue weighted by molar-refractivity contribution is -0.385. The van der Waals surface area contributed by atoms with Gasteiger partial charge in [0.05, 0.1) is 19.1 Å². The van der Waals surface area contributed by atoms with E-state index in [0.29, 0.717) is 5.75 Å². The van der Waals surface area contributed by atoms with Gasteiger partial charge in [0.1, 0.15) is 11.3 Å². The summed E-state index contributed by atoms with van der Waals surface area (Å²) in [6, 6.07) is 4.09. The highest BCUT2D eigenvalue weighted by Crippen LogP contribution is 2.22. The van der Waals surface area contributed by atoms with Crippen molar-refractivity contribution < 1.29 is 19.2 Å². The number of benzene rings is 1. The number of nitrogens with zero attached hydrogens (tertiary/aromatic N) is 1. The van der Waals surface area contributed by atoms with Gasteiger partial charge >= 0.3 is 5.97 Å². The fraction of sp³-hybridized carbons (Fsp3) is 0.182. The summed E-state index contributed by atoms with van der Waals surface area (Å²) >= 11 is 0. The molecule has 1 aromatic carbocycles. The summed E-state index contributed by atoms with van der Waals surface area (Å²) in [6.45, 7) is 0. The minimum absolute atomic E-state index is 0.0970. The number of hydrogen-bond acceptors (Lipinski definition) is 5. The number of nitro groups is 1. The lowest BCUT2D eigenvalue weighted by Crippen LogP contribution is -1.96. The van der Waals surface area contributed by atoms with Crippen LogP contribution in [-0.4, -0.2) is 25.1 Å². The summed E-state index contributed by atoms with van der Waals surface area (Å²) in [5.41, 5.74) is -0.0954. The van der Waals surface area contributed by atoms with Crippen LogP contribution in [0.5, 0.6) is 5.75 Å². The van der Waals surface area contributed by atoms with Crippen molar-refractivity contribution in [3.05, 3.63) is 33.9 Å². The molecule has 1 rings (SSSR count). The number of methoxy groups -OCH3 is 2. The van der Waals surface area contributed by atoms with Gasteiger partial charge in [-0.15, -0.1) is 0 Å². The largest absolute Gasteiger partial charge is 0.497 e. The molecule has 0 bridgehead atoms. The molecule has 0 amide bonds. The number of carbonyl (C=O) groups excluding carboxylic acids is 1. The standard InChI is InChI=1S/C11H9NO5/c1-16-9-4-5-10(12(14)15)8(7-9)3-6-11(13)17-2/h4-5,7H,1-2H3. The number of rotatable bonds is 2. The van der Waals surface area contributed by atoms with Gasteiger partial charge in [0.2, 0.25) is 0 Å². The van der Waals surface area contributed by atoms with Crippen molar-refractivity contribution in [2.45, 2.75) is 0 Å². The Hall–Kier alpha value is -2.55. The molecule has 0 aliphatic rings. The van der Waals surface area contributed by atoms with Crippen LogP contribution in [0.15, 0.2) is 18.2 Å². The molecule has 1 aromatic rings. The minimum Gasteiger partial charge on any atom is -0.497 e. The number of ether oxygens (including phenoxy) is 2. The van der Waals surface area contributed by atoms with E-state index in [1.165, 1.54) is 32.4 Å². The van der Waals surface area contributed by atoms with Crippen LogP contribution in [0.3, 0.4) is 0 Å². The van der Waals surface area contributed by atoms with Gasteiger partial charge in [-0.25, -0.2) is 4.79 Å². The van der Waals surface area contributed by atoms with Crippen molar-refractivity contribution in [1.82, 2.24) is 0 Å². The van der Waals surface area contributed by atoms with Gasteiger partial charge in [0.25, 0.3) is 5.69 Å². The third-order valence-corrected chi connectivity index (χ3v) is 1.89. The quantitative estimate of drug-likeness (QED) is 0.332. The summed E-state index contributed by atoms with van der Waals surface area (Å²) in [5.74, 6) is 4.16. The first-order valence-electron chi connectivity index (χ1n) is 4.51. The molecule has 17 heavy (non-hydrogen) atoms. The smallest absolute Gasteiger partial charge is 0.384 e. The molecule has 6 heteroatoms. The third kappa shape index (κ3) is 3.21. The second-order valence-corrected chi connectivity index (χ2v) is 2.88. The Morgan fingerprint density at radius 1 is 1.41 bits per heavy atom. The summed E-state index contributed by atoms with van der Waals surface area (Å²) in [4.78, 5) is 21.0. The van der Waals surface area contributed by atoms with Gasteiger partial charge in [-0.05, 0) is 12.0 Å². The lowest BCUT2D eigenvalue weighted by Gasteiger charge is -2.00. The van der Waals surface area contributed by atoms with Crippen molar-refractivity contribution in [3.63, 3.8) is 0 Å². The van der Waals surface area contributed by atoms with E-state index in [9.17, 15) is 14.9 Å². The molecule has 0 fully saturated rings. The van der Waals surface area contributed by atoms with Crippen LogP contribution in [0.2, 0.25) is 0 Å². The SMILES string of the molecule is COC(=O)C#Cc1cc(OC)ccc1[N+](=O)[O-]. The van der Waals surface area contributed by atoms with Crippen LogP contribution in [0.25, 0.3) is 0 Å². The molecule has 0 unspecified atom stereocenters. The predicted molar refractivity (Wildman–Crippen MR) is 58.5 cm³/mol. The fourth-order valence-electron chi connectivity index (χ4n) is 1.07. The fourth-order valence-corrected chi connectivity index (χ4v) is 1.07. The normalized spacial score (nSPS) is 8.82. The molecule has 0 aliphatic heterocycles. The average molecular weight is 235 g/mol. The number of hydrogen-bond donors (Lipinski definition) is 0. The minimum atomic E-state index is -0.762. The Morgan fingerprint density at radius 3 is 2.65 bits per heavy atom. The van der Waals surface area contributed by atoms with E-state index in [0.717, 1.165) is 0 Å². The highest BCUT2D eigenvalue weighted by atomic mass is 16.6. The first kappa shape index (κ1) is 12.5. The Labute approximate surface area is 97.3 Å². The summed E-state index contributed by atoms with van der Waals surface area (Å²) in [6.07, 6.45) is 0. The van der Waals surface area contributed by atoms with Crippen molar-refractivity contribution in [1.29, 1.82) is 0 Å². The molecule has 0 aliphatic carbocycles. The number of esters is 1. The molecular formula is C11H9NO5. The van der Waals surface area contributed by atoms with E-state index in [1.807, 2.05) is 0 Å². The monoisotopic (exact) mass is 235 g/mol. The molecule has 0 heterocycles. The molecule has 6 nitrogen and oxygen atoms in total. The second kappa shape index (κ2) is 5.51. The first-order chi connectivity index (χ1) is 8.08. The Balaban J connectivity index is 3.21. The van der Waals surface area contributed by atoms with Gasteiger partial charge in [-0.2, -0.15) is 0 Å². The van der Waals surface area contributed by atoms with Crippen LogP contribution in [0.4, 0.5) is 5.69 Å². The molecule has 0 aromatic heterocycles. The lowest BCUT2D eigenvalue weighted by atomic mass is 10.1. The molecular weight excluding hydrogens is 226 g/mol. The van der Waals surface area contributed by atoms with E-state index in [1.54, 1.807) is 0 Å². The Bertz CT molecular complexity index is 512. The Kier molecular flexibility index (Phi) is 4.06. The molecule has 0 radical (unpaired) electrons. The van der Waals surface area contributed by atoms with Crippen LogP contribution in [0, 0.1) is 22.0 Å². The first-order valence-corrected chi connectivity index (χ1v) is 4.51. The van der Waals surface area contributed by atoms with Crippen LogP contribution in [0.1, 0.15) is 5.56 Å². The highest BCUT2D eigenvalue weighted by Gasteiger charge is 2.12. The van der Waals surface area contributed by atoms with Crippen LogP contribution >= 0.6 is 0 Å². The second-order valence-electron chi connectivity index (χ2n) is 2.88. The van der Waals surface area contributed by atoms with E-state index in [2.05, 4.69) is 16.6 Å². The number of nitro benzene ring substituents is 1. The van der Waals surface area contributed by atoms with Crippen LogP contribution in [-0.2, 0) is 9.53 Å². The molecule has 0 N–H and O–H groups in total. The maximum absolute atomic E-state index is 10.8. The van der Waals surface area contributed by atoms with Crippen molar-refractivity contribution >= 4 is 11.7 Å². The van der Waals surface area contributed by atoms with Crippen molar-refractivity contribution in [3.8, 4) is 17.6 Å². The van der Waals surface area contributed by atoms with E-state index >= 15 is 0 Å². The van der Waals surface area contributed by atoms with Gasteiger partial charge < -0.3 is 9.47 Å². The zero-order chi connectivity index (χ0) is 12.8. The van der Waals surface area contributed by atoms with Crippen molar-refractivity contribution in [2.75, 3.05) is 14.2 Å². The zero-order valence-corrected chi connectivity index (χ0v) is 9.22. The van der Waals surface area contributed by atoms with Gasteiger partial charge in [-0.1, -0.05) is 0 Å². The average Bonchev–Trinajstić information content (AvgIpc) is 2.35.